The summed E-state index contributed by atoms with van der Waals surface area (Å²) in [4.78, 5) is 11.6. The van der Waals surface area contributed by atoms with Crippen LogP contribution in [0.1, 0.15) is 5.56 Å². The van der Waals surface area contributed by atoms with Crippen molar-refractivity contribution < 1.29 is 9.18 Å². The van der Waals surface area contributed by atoms with Crippen LogP contribution in [0.3, 0.4) is 0 Å². The van der Waals surface area contributed by atoms with Gasteiger partial charge in [-0.15, -0.1) is 0 Å². The van der Waals surface area contributed by atoms with Crippen LogP contribution in [0.15, 0.2) is 54.6 Å². The van der Waals surface area contributed by atoms with Crippen LogP contribution in [0, 0.1) is 5.82 Å². The molecule has 0 spiro atoms. The lowest BCUT2D eigenvalue weighted by Gasteiger charge is -2.07. The highest BCUT2D eigenvalue weighted by molar-refractivity contribution is 5.89. The minimum atomic E-state index is -0.328. The van der Waals surface area contributed by atoms with Gasteiger partial charge < -0.3 is 10.6 Å². The normalized spacial score (nSPS) is 9.83. The second-order valence-electron chi connectivity index (χ2n) is 3.80. The van der Waals surface area contributed by atoms with Crippen molar-refractivity contribution in [3.05, 3.63) is 66.0 Å². The molecule has 0 bridgehead atoms. The van der Waals surface area contributed by atoms with Crippen LogP contribution in [0.2, 0.25) is 0 Å². The van der Waals surface area contributed by atoms with Gasteiger partial charge in [-0.1, -0.05) is 30.3 Å². The molecule has 0 saturated heterocycles. The van der Waals surface area contributed by atoms with E-state index in [0.29, 0.717) is 12.2 Å². The quantitative estimate of drug-likeness (QED) is 0.855. The van der Waals surface area contributed by atoms with Gasteiger partial charge in [0.1, 0.15) is 5.82 Å². The molecule has 2 rings (SSSR count). The van der Waals surface area contributed by atoms with Gasteiger partial charge >= 0.3 is 6.03 Å². The second-order valence-corrected chi connectivity index (χ2v) is 3.80. The summed E-state index contributed by atoms with van der Waals surface area (Å²) < 4.78 is 12.7. The fourth-order valence-corrected chi connectivity index (χ4v) is 1.49. The molecule has 0 saturated carbocycles. The number of urea groups is 1. The topological polar surface area (TPSA) is 41.1 Å². The number of hydrogen-bond donors (Lipinski definition) is 2. The van der Waals surface area contributed by atoms with Crippen molar-refractivity contribution >= 4 is 11.7 Å². The van der Waals surface area contributed by atoms with E-state index >= 15 is 0 Å². The Labute approximate surface area is 105 Å². The molecular weight excluding hydrogens is 231 g/mol. The molecule has 0 fully saturated rings. The van der Waals surface area contributed by atoms with Gasteiger partial charge in [0.05, 0.1) is 0 Å². The van der Waals surface area contributed by atoms with E-state index in [0.717, 1.165) is 5.56 Å². The van der Waals surface area contributed by atoms with E-state index in [4.69, 9.17) is 0 Å². The molecule has 4 heteroatoms. The lowest BCUT2D eigenvalue weighted by molar-refractivity contribution is 0.251. The highest BCUT2D eigenvalue weighted by Crippen LogP contribution is 2.07. The molecule has 0 aliphatic rings. The third-order valence-corrected chi connectivity index (χ3v) is 2.40. The van der Waals surface area contributed by atoms with E-state index in [2.05, 4.69) is 10.6 Å². The van der Waals surface area contributed by atoms with Gasteiger partial charge in [-0.05, 0) is 29.8 Å². The first-order valence-corrected chi connectivity index (χ1v) is 5.58. The van der Waals surface area contributed by atoms with Crippen molar-refractivity contribution in [1.82, 2.24) is 5.32 Å². The number of benzene rings is 2. The first-order chi connectivity index (χ1) is 8.74. The number of halogens is 1. The summed E-state index contributed by atoms with van der Waals surface area (Å²) in [7, 11) is 0. The maximum absolute atomic E-state index is 12.7. The van der Waals surface area contributed by atoms with Gasteiger partial charge in [-0.2, -0.15) is 0 Å². The van der Waals surface area contributed by atoms with E-state index in [1.54, 1.807) is 0 Å². The number of anilines is 1. The van der Waals surface area contributed by atoms with Gasteiger partial charge in [-0.3, -0.25) is 0 Å². The second kappa shape index (κ2) is 5.82. The van der Waals surface area contributed by atoms with Gasteiger partial charge in [-0.25, -0.2) is 9.18 Å². The van der Waals surface area contributed by atoms with E-state index < -0.39 is 0 Å². The van der Waals surface area contributed by atoms with Crippen LogP contribution in [-0.2, 0) is 6.54 Å². The Balaban J connectivity index is 1.84. The lowest BCUT2D eigenvalue weighted by atomic mass is 10.2. The molecular formula is C14H13FN2O. The van der Waals surface area contributed by atoms with Crippen molar-refractivity contribution in [1.29, 1.82) is 0 Å². The zero-order chi connectivity index (χ0) is 12.8. The standard InChI is InChI=1S/C14H13FN2O/c15-12-6-8-13(9-7-12)17-14(18)16-10-11-4-2-1-3-5-11/h1-9H,10H2,(H2,16,17,18). The summed E-state index contributed by atoms with van der Waals surface area (Å²) in [6.07, 6.45) is 0. The number of carbonyl (C=O) groups excluding carboxylic acids is 1. The fourth-order valence-electron chi connectivity index (χ4n) is 1.49. The Bertz CT molecular complexity index is 511. The molecule has 3 nitrogen and oxygen atoms in total. The summed E-state index contributed by atoms with van der Waals surface area (Å²) in [5.41, 5.74) is 1.58. The third-order valence-electron chi connectivity index (χ3n) is 2.40. The Morgan fingerprint density at radius 2 is 1.67 bits per heavy atom. The Morgan fingerprint density at radius 1 is 1.00 bits per heavy atom. The molecule has 0 heterocycles. The average Bonchev–Trinajstić information content (AvgIpc) is 2.40. The number of rotatable bonds is 3. The maximum atomic E-state index is 12.7. The molecule has 0 aliphatic heterocycles. The molecule has 2 amide bonds. The zero-order valence-electron chi connectivity index (χ0n) is 9.69. The lowest BCUT2D eigenvalue weighted by Crippen LogP contribution is -2.28. The van der Waals surface area contributed by atoms with E-state index in [9.17, 15) is 9.18 Å². The minimum absolute atomic E-state index is 0.314. The van der Waals surface area contributed by atoms with Crippen LogP contribution in [-0.4, -0.2) is 6.03 Å². The molecule has 0 aromatic heterocycles. The van der Waals surface area contributed by atoms with Crippen molar-refractivity contribution in [2.24, 2.45) is 0 Å². The smallest absolute Gasteiger partial charge is 0.319 e. The first-order valence-electron chi connectivity index (χ1n) is 5.58. The van der Waals surface area contributed by atoms with Gasteiger partial charge in [0.25, 0.3) is 0 Å². The maximum Gasteiger partial charge on any atom is 0.319 e. The molecule has 2 aromatic rings. The number of carbonyl (C=O) groups is 1. The molecule has 0 atom stereocenters. The molecule has 0 unspecified atom stereocenters. The van der Waals surface area contributed by atoms with E-state index in [1.165, 1.54) is 24.3 Å². The van der Waals surface area contributed by atoms with Crippen molar-refractivity contribution in [3.63, 3.8) is 0 Å². The number of hydrogen-bond acceptors (Lipinski definition) is 1. The predicted octanol–water partition coefficient (Wildman–Crippen LogP) is 3.15. The van der Waals surface area contributed by atoms with E-state index in [1.807, 2.05) is 30.3 Å². The molecule has 0 aliphatic carbocycles. The Hall–Kier alpha value is -2.36. The fraction of sp³-hybridized carbons (Fsp3) is 0.0714. The summed E-state index contributed by atoms with van der Waals surface area (Å²) >= 11 is 0. The van der Waals surface area contributed by atoms with Gasteiger partial charge in [0.2, 0.25) is 0 Å². The summed E-state index contributed by atoms with van der Waals surface area (Å²) in [6, 6.07) is 14.9. The molecule has 0 radical (unpaired) electrons. The third kappa shape index (κ3) is 3.59. The van der Waals surface area contributed by atoms with Crippen LogP contribution >= 0.6 is 0 Å². The van der Waals surface area contributed by atoms with E-state index in [-0.39, 0.29) is 11.8 Å². The Morgan fingerprint density at radius 3 is 2.33 bits per heavy atom. The summed E-state index contributed by atoms with van der Waals surface area (Å²) in [5.74, 6) is -0.328. The van der Waals surface area contributed by atoms with Crippen LogP contribution in [0.4, 0.5) is 14.9 Å². The van der Waals surface area contributed by atoms with Crippen molar-refractivity contribution in [2.45, 2.75) is 6.54 Å². The SMILES string of the molecule is O=C(NCc1ccccc1)Nc1ccc(F)cc1. The highest BCUT2D eigenvalue weighted by Gasteiger charge is 2.01. The first kappa shape index (κ1) is 12.1. The van der Waals surface area contributed by atoms with Crippen LogP contribution in [0.25, 0.3) is 0 Å². The zero-order valence-corrected chi connectivity index (χ0v) is 9.69. The average molecular weight is 244 g/mol. The Kier molecular flexibility index (Phi) is 3.91. The molecule has 2 N–H and O–H groups in total. The van der Waals surface area contributed by atoms with Crippen LogP contribution < -0.4 is 10.6 Å². The van der Waals surface area contributed by atoms with Crippen molar-refractivity contribution in [2.75, 3.05) is 5.32 Å². The number of nitrogens with one attached hydrogen (secondary N) is 2. The molecule has 2 aromatic carbocycles. The highest BCUT2D eigenvalue weighted by atomic mass is 19.1. The summed E-state index contributed by atoms with van der Waals surface area (Å²) in [6.45, 7) is 0.452. The minimum Gasteiger partial charge on any atom is -0.334 e. The number of amides is 2. The summed E-state index contributed by atoms with van der Waals surface area (Å²) in [5, 5.41) is 5.34. The van der Waals surface area contributed by atoms with Gasteiger partial charge in [0.15, 0.2) is 0 Å². The van der Waals surface area contributed by atoms with Crippen molar-refractivity contribution in [3.8, 4) is 0 Å². The monoisotopic (exact) mass is 244 g/mol. The molecule has 92 valence electrons. The largest absolute Gasteiger partial charge is 0.334 e. The predicted molar refractivity (Wildman–Crippen MR) is 68.7 cm³/mol. The van der Waals surface area contributed by atoms with Gasteiger partial charge in [0, 0.05) is 12.2 Å². The van der Waals surface area contributed by atoms with Crippen LogP contribution in [0.5, 0.6) is 0 Å². The molecule has 18 heavy (non-hydrogen) atoms.